The molecule has 0 aliphatic carbocycles. The van der Waals surface area contributed by atoms with Crippen LogP contribution >= 0.6 is 11.8 Å². The monoisotopic (exact) mass is 557 g/mol. The number of thioether (sulfide) groups is 1. The van der Waals surface area contributed by atoms with Crippen LogP contribution in [0.3, 0.4) is 0 Å². The summed E-state index contributed by atoms with van der Waals surface area (Å²) in [5.74, 6) is 0. The maximum Gasteiger partial charge on any atom is 0.173 e. The Hall–Kier alpha value is -1.88. The maximum atomic E-state index is 4.25. The van der Waals surface area contributed by atoms with Gasteiger partial charge in [-0.3, -0.25) is 0 Å². The average molecular weight is 557 g/mol. The van der Waals surface area contributed by atoms with E-state index in [2.05, 4.69) is 98.0 Å². The molecule has 3 aliphatic heterocycles. The lowest BCUT2D eigenvalue weighted by atomic mass is 9.48. The van der Waals surface area contributed by atoms with Crippen molar-refractivity contribution in [2.45, 2.75) is 58.7 Å². The number of benzene rings is 3. The van der Waals surface area contributed by atoms with Gasteiger partial charge in [-0.1, -0.05) is 145 Å². The van der Waals surface area contributed by atoms with Crippen LogP contribution in [0.25, 0.3) is 0 Å². The van der Waals surface area contributed by atoms with Crippen molar-refractivity contribution < 1.29 is 4.74 Å². The van der Waals surface area contributed by atoms with Gasteiger partial charge in [0.1, 0.15) is 0 Å². The summed E-state index contributed by atoms with van der Waals surface area (Å²) in [5.41, 5.74) is 9.41. The van der Waals surface area contributed by atoms with Crippen LogP contribution in [0.5, 0.6) is 0 Å². The average Bonchev–Trinajstić information content (AvgIpc) is 3.63. The van der Waals surface area contributed by atoms with Crippen molar-refractivity contribution in [3.8, 4) is 0 Å². The van der Waals surface area contributed by atoms with Crippen molar-refractivity contribution in [1.82, 2.24) is 4.90 Å². The van der Waals surface area contributed by atoms with Gasteiger partial charge in [0.2, 0.25) is 0 Å². The Bertz CT molecular complexity index is 946. The Labute approximate surface area is 253 Å². The van der Waals surface area contributed by atoms with E-state index in [1.807, 2.05) is 38.6 Å². The van der Waals surface area contributed by atoms with E-state index < -0.39 is 0 Å². The van der Waals surface area contributed by atoms with Crippen LogP contribution in [0, 0.1) is 0 Å². The summed E-state index contributed by atoms with van der Waals surface area (Å²) in [6.45, 7) is 9.34. The molecule has 3 aliphatic rings. The van der Waals surface area contributed by atoms with E-state index in [-0.39, 0.29) is 0 Å². The predicted molar refractivity (Wildman–Crippen MR) is 191 cm³/mol. The van der Waals surface area contributed by atoms with Crippen LogP contribution in [0.4, 0.5) is 0 Å². The Morgan fingerprint density at radius 2 is 0.750 bits per heavy atom. The topological polar surface area (TPSA) is 12.5 Å². The third-order valence-electron chi connectivity index (χ3n) is 7.30. The molecule has 6 heteroatoms. The molecule has 0 saturated carbocycles. The number of ether oxygens (including phenoxy) is 1. The fourth-order valence-corrected chi connectivity index (χ4v) is 5.31. The summed E-state index contributed by atoms with van der Waals surface area (Å²) in [4.78, 5) is 2.00. The highest BCUT2D eigenvalue weighted by atomic mass is 32.2. The normalized spacial score (nSPS) is 13.4. The molecule has 0 spiro atoms. The van der Waals surface area contributed by atoms with Gasteiger partial charge >= 0.3 is 0 Å². The second-order valence-corrected chi connectivity index (χ2v) is 12.4. The summed E-state index contributed by atoms with van der Waals surface area (Å²) in [6, 6.07) is 26.3. The van der Waals surface area contributed by atoms with E-state index in [1.165, 1.54) is 38.2 Å². The van der Waals surface area contributed by atoms with Gasteiger partial charge in [-0.25, -0.2) is 0 Å². The minimum atomic E-state index is 0.802. The Morgan fingerprint density at radius 3 is 0.950 bits per heavy atom. The minimum absolute atomic E-state index is 0.802. The highest BCUT2D eigenvalue weighted by Gasteiger charge is 2.21. The van der Waals surface area contributed by atoms with Gasteiger partial charge in [0, 0.05) is 14.2 Å². The van der Waals surface area contributed by atoms with Crippen molar-refractivity contribution in [3.05, 3.63) is 89.5 Å². The number of hydrogen-bond acceptors (Lipinski definition) is 3. The first-order valence-electron chi connectivity index (χ1n) is 14.8. The number of hydrogen-bond donors (Lipinski definition) is 0. The lowest BCUT2D eigenvalue weighted by Gasteiger charge is -1.98. The van der Waals surface area contributed by atoms with Crippen LogP contribution in [-0.2, 0) is 24.0 Å². The summed E-state index contributed by atoms with van der Waals surface area (Å²) < 4.78 is 4.25. The lowest BCUT2D eigenvalue weighted by Crippen LogP contribution is -2.21. The number of fused-ring (bicyclic) bond motifs is 3. The number of methoxy groups -OCH3 is 1. The molecule has 0 unspecified atom stereocenters. The predicted octanol–water partition coefficient (Wildman–Crippen LogP) is 6.14. The molecule has 0 radical (unpaired) electrons. The first kappa shape index (κ1) is 36.2. The first-order chi connectivity index (χ1) is 19.2. The number of aryl methyl sites for hydroxylation is 3. The van der Waals surface area contributed by atoms with Crippen molar-refractivity contribution in [3.63, 3.8) is 0 Å². The third-order valence-corrected chi connectivity index (χ3v) is 7.30. The molecule has 3 aromatic carbocycles. The molecule has 0 aromatic heterocycles. The minimum Gasteiger partial charge on any atom is -0.388 e. The van der Waals surface area contributed by atoms with Crippen LogP contribution in [0.15, 0.2) is 72.8 Å². The Kier molecular flexibility index (Phi) is 18.9. The van der Waals surface area contributed by atoms with E-state index in [9.17, 15) is 0 Å². The summed E-state index contributed by atoms with van der Waals surface area (Å²) in [5, 5.41) is 0. The molecule has 216 valence electrons. The zero-order chi connectivity index (χ0) is 29.9. The van der Waals surface area contributed by atoms with Gasteiger partial charge in [0.05, 0.1) is 0 Å². The summed E-state index contributed by atoms with van der Waals surface area (Å²) in [7, 11) is 9.25. The van der Waals surface area contributed by atoms with Gasteiger partial charge in [0.25, 0.3) is 0 Å². The van der Waals surface area contributed by atoms with E-state index in [0.29, 0.717) is 0 Å². The molecule has 0 atom stereocenters. The molecule has 0 bridgehead atoms. The molecule has 0 amide bonds. The molecule has 3 heterocycles. The van der Waals surface area contributed by atoms with Gasteiger partial charge in [-0.15, -0.1) is 0 Å². The Morgan fingerprint density at radius 1 is 0.550 bits per heavy atom. The van der Waals surface area contributed by atoms with E-state index in [4.69, 9.17) is 0 Å². The van der Waals surface area contributed by atoms with E-state index in [1.54, 1.807) is 59.1 Å². The molecular formula is C34H54B3NOS. The van der Waals surface area contributed by atoms with E-state index in [0.717, 1.165) is 20.1 Å². The molecule has 6 rings (SSSR count). The second kappa shape index (κ2) is 20.9. The zero-order valence-corrected chi connectivity index (χ0v) is 28.0. The summed E-state index contributed by atoms with van der Waals surface area (Å²) >= 11 is 1.75. The fourth-order valence-electron chi connectivity index (χ4n) is 5.31. The van der Waals surface area contributed by atoms with E-state index >= 15 is 0 Å². The second-order valence-electron chi connectivity index (χ2n) is 11.6. The number of rotatable bonds is 0. The van der Waals surface area contributed by atoms with Crippen molar-refractivity contribution >= 4 is 48.3 Å². The molecule has 0 saturated heterocycles. The maximum absolute atomic E-state index is 4.25. The van der Waals surface area contributed by atoms with Crippen molar-refractivity contribution in [2.24, 2.45) is 0 Å². The Balaban J connectivity index is 0.000000258. The zero-order valence-electron chi connectivity index (χ0n) is 27.2. The first-order valence-corrected chi connectivity index (χ1v) is 16.5. The highest BCUT2D eigenvalue weighted by molar-refractivity contribution is 7.97. The quantitative estimate of drug-likeness (QED) is 0.308. The molecule has 3 aromatic rings. The van der Waals surface area contributed by atoms with Gasteiger partial charge < -0.3 is 9.64 Å². The SMILES string of the molecule is CB1CCc2ccccc21.CB1CCc2ccccc21.CB1CCc2ccccc21.CN(C)C.COC.CSC. The fraction of sp³-hybridized carbons (Fsp3) is 0.471. The molecule has 40 heavy (non-hydrogen) atoms. The van der Waals surface area contributed by atoms with Gasteiger partial charge in [0.15, 0.2) is 20.1 Å². The highest BCUT2D eigenvalue weighted by Crippen LogP contribution is 2.14. The molecule has 2 nitrogen and oxygen atoms in total. The van der Waals surface area contributed by atoms with Crippen molar-refractivity contribution in [2.75, 3.05) is 47.9 Å². The largest absolute Gasteiger partial charge is 0.388 e. The van der Waals surface area contributed by atoms with Crippen LogP contribution < -0.4 is 16.4 Å². The molecule has 0 fully saturated rings. The summed E-state index contributed by atoms with van der Waals surface area (Å²) in [6.07, 6.45) is 12.0. The standard InChI is InChI=1S/3C9H11B.C3H9N.C2H6O.C2H6S/c3*1-10-7-6-8-4-2-3-5-9(8)10;1-4(2)3;2*1-3-2/h3*2-5H,6-7H2,1H3;1-3H3;2*1-2H3. The number of nitrogens with zero attached hydrogens (tertiary/aromatic N) is 1. The molecule has 0 N–H and O–H groups in total. The van der Waals surface area contributed by atoms with Gasteiger partial charge in [-0.2, -0.15) is 11.8 Å². The van der Waals surface area contributed by atoms with Crippen LogP contribution in [0.1, 0.15) is 16.7 Å². The van der Waals surface area contributed by atoms with Crippen LogP contribution in [0.2, 0.25) is 39.4 Å². The third kappa shape index (κ3) is 13.2. The van der Waals surface area contributed by atoms with Crippen LogP contribution in [-0.4, -0.2) is 72.9 Å². The molecular weight excluding hydrogens is 503 g/mol. The van der Waals surface area contributed by atoms with Gasteiger partial charge in [-0.05, 0) is 52.9 Å². The lowest BCUT2D eigenvalue weighted by molar-refractivity contribution is 0.277. The smallest absolute Gasteiger partial charge is 0.173 e. The van der Waals surface area contributed by atoms with Crippen molar-refractivity contribution in [1.29, 1.82) is 0 Å².